The van der Waals surface area contributed by atoms with Gasteiger partial charge in [-0.15, -0.1) is 0 Å². The predicted octanol–water partition coefficient (Wildman–Crippen LogP) is 7.43. The smallest absolute Gasteiger partial charge is 0.299 e. The Morgan fingerprint density at radius 1 is 0.686 bits per heavy atom. The minimum atomic E-state index is -0.654. The molecular weight excluding hydrogens is 450 g/mol. The van der Waals surface area contributed by atoms with Crippen molar-refractivity contribution in [3.05, 3.63) is 38.4 Å². The van der Waals surface area contributed by atoms with Gasteiger partial charge in [-0.25, -0.2) is 0 Å². The number of nitrogens with zero attached hydrogens (tertiary/aromatic N) is 2. The molecule has 0 atom stereocenters. The lowest BCUT2D eigenvalue weighted by molar-refractivity contribution is -0.393. The summed E-state index contributed by atoms with van der Waals surface area (Å²) in [5, 5.41) is 24.8. The first-order chi connectivity index (χ1) is 17.1. The highest BCUT2D eigenvalue weighted by atomic mass is 16.6. The summed E-state index contributed by atoms with van der Waals surface area (Å²) in [7, 11) is 0. The standard InChI is InChI=1S/C26H45N3O6/c1-2-3-4-5-6-7-8-9-10-11-12-13-14-15-19-34-21-22-35-20-18-27-25-17-16-24(28(30)31)23-26(25)29(32)33/h16-17,23,27H,2-15,18-22H2,1H3. The number of non-ortho nitro benzene ring substituents is 1. The fraction of sp³-hybridized carbons (Fsp3) is 0.769. The van der Waals surface area contributed by atoms with Gasteiger partial charge >= 0.3 is 0 Å². The molecule has 0 amide bonds. The molecule has 1 N–H and O–H groups in total. The largest absolute Gasteiger partial charge is 0.379 e. The fourth-order valence-corrected chi connectivity index (χ4v) is 3.91. The van der Waals surface area contributed by atoms with Crippen LogP contribution < -0.4 is 5.32 Å². The number of nitro benzene ring substituents is 2. The van der Waals surface area contributed by atoms with Crippen LogP contribution in [0.25, 0.3) is 0 Å². The molecule has 0 saturated carbocycles. The maximum absolute atomic E-state index is 11.1. The van der Waals surface area contributed by atoms with E-state index in [1.165, 1.54) is 95.6 Å². The third-order valence-electron chi connectivity index (χ3n) is 5.96. The molecule has 0 bridgehead atoms. The first-order valence-electron chi connectivity index (χ1n) is 13.4. The number of ether oxygens (including phenoxy) is 2. The molecule has 0 aliphatic heterocycles. The number of hydrogen-bond donors (Lipinski definition) is 1. The zero-order valence-corrected chi connectivity index (χ0v) is 21.5. The van der Waals surface area contributed by atoms with Gasteiger partial charge in [-0.05, 0) is 12.5 Å². The lowest BCUT2D eigenvalue weighted by atomic mass is 10.0. The average molecular weight is 496 g/mol. The van der Waals surface area contributed by atoms with Crippen molar-refractivity contribution in [2.75, 3.05) is 38.3 Å². The second kappa shape index (κ2) is 21.1. The molecular formula is C26H45N3O6. The highest BCUT2D eigenvalue weighted by Crippen LogP contribution is 2.28. The van der Waals surface area contributed by atoms with Gasteiger partial charge in [0.15, 0.2) is 0 Å². The number of nitro groups is 2. The molecule has 0 saturated heterocycles. The number of rotatable bonds is 24. The predicted molar refractivity (Wildman–Crippen MR) is 140 cm³/mol. The van der Waals surface area contributed by atoms with Crippen LogP contribution in [0.4, 0.5) is 17.1 Å². The highest BCUT2D eigenvalue weighted by Gasteiger charge is 2.18. The Hall–Kier alpha value is -2.26. The van der Waals surface area contributed by atoms with Crippen LogP contribution in [0.15, 0.2) is 18.2 Å². The van der Waals surface area contributed by atoms with E-state index in [-0.39, 0.29) is 17.1 Å². The molecule has 0 aliphatic rings. The van der Waals surface area contributed by atoms with Crippen LogP contribution in [0, 0.1) is 20.2 Å². The lowest BCUT2D eigenvalue weighted by Gasteiger charge is -2.08. The zero-order valence-electron chi connectivity index (χ0n) is 21.5. The third kappa shape index (κ3) is 16.1. The molecule has 200 valence electrons. The fourth-order valence-electron chi connectivity index (χ4n) is 3.91. The van der Waals surface area contributed by atoms with Crippen LogP contribution in [-0.2, 0) is 9.47 Å². The molecule has 0 aromatic heterocycles. The molecule has 0 unspecified atom stereocenters. The van der Waals surface area contributed by atoms with E-state index in [4.69, 9.17) is 9.47 Å². The van der Waals surface area contributed by atoms with E-state index < -0.39 is 9.85 Å². The van der Waals surface area contributed by atoms with E-state index in [1.807, 2.05) is 0 Å². The van der Waals surface area contributed by atoms with Crippen molar-refractivity contribution in [1.29, 1.82) is 0 Å². The second-order valence-corrected chi connectivity index (χ2v) is 8.96. The average Bonchev–Trinajstić information content (AvgIpc) is 2.84. The third-order valence-corrected chi connectivity index (χ3v) is 5.96. The Labute approximate surface area is 210 Å². The van der Waals surface area contributed by atoms with Crippen molar-refractivity contribution in [1.82, 2.24) is 0 Å². The monoisotopic (exact) mass is 495 g/mol. The van der Waals surface area contributed by atoms with E-state index in [2.05, 4.69) is 12.2 Å². The van der Waals surface area contributed by atoms with Crippen molar-refractivity contribution in [2.24, 2.45) is 0 Å². The molecule has 35 heavy (non-hydrogen) atoms. The Balaban J connectivity index is 1.88. The summed E-state index contributed by atoms with van der Waals surface area (Å²) in [6, 6.07) is 3.53. The van der Waals surface area contributed by atoms with Gasteiger partial charge in [0.2, 0.25) is 0 Å². The van der Waals surface area contributed by atoms with Gasteiger partial charge in [0.05, 0.1) is 35.7 Å². The molecule has 1 aromatic rings. The minimum absolute atomic E-state index is 0.234. The van der Waals surface area contributed by atoms with Crippen molar-refractivity contribution in [2.45, 2.75) is 96.8 Å². The van der Waals surface area contributed by atoms with Gasteiger partial charge in [-0.2, -0.15) is 0 Å². The number of benzene rings is 1. The molecule has 0 spiro atoms. The van der Waals surface area contributed by atoms with Crippen LogP contribution in [-0.4, -0.2) is 42.8 Å². The summed E-state index contributed by atoms with van der Waals surface area (Å²) in [5.74, 6) is 0. The van der Waals surface area contributed by atoms with Crippen LogP contribution in [0.3, 0.4) is 0 Å². The van der Waals surface area contributed by atoms with Crippen LogP contribution in [0.1, 0.15) is 96.8 Å². The molecule has 1 rings (SSSR count). The second-order valence-electron chi connectivity index (χ2n) is 8.96. The Morgan fingerprint density at radius 3 is 1.71 bits per heavy atom. The summed E-state index contributed by atoms with van der Waals surface area (Å²) in [5.41, 5.74) is -0.400. The van der Waals surface area contributed by atoms with E-state index in [1.54, 1.807) is 0 Å². The van der Waals surface area contributed by atoms with Gasteiger partial charge in [0, 0.05) is 19.2 Å². The summed E-state index contributed by atoms with van der Waals surface area (Å²) in [4.78, 5) is 20.6. The van der Waals surface area contributed by atoms with Gasteiger partial charge in [0.25, 0.3) is 11.4 Å². The summed E-state index contributed by atoms with van der Waals surface area (Å²) < 4.78 is 11.1. The van der Waals surface area contributed by atoms with E-state index in [0.717, 1.165) is 19.1 Å². The van der Waals surface area contributed by atoms with Crippen molar-refractivity contribution < 1.29 is 19.3 Å². The first kappa shape index (κ1) is 30.8. The van der Waals surface area contributed by atoms with Gasteiger partial charge in [0.1, 0.15) is 5.69 Å². The maximum atomic E-state index is 11.1. The van der Waals surface area contributed by atoms with Crippen LogP contribution in [0.2, 0.25) is 0 Å². The van der Waals surface area contributed by atoms with E-state index in [9.17, 15) is 20.2 Å². The SMILES string of the molecule is CCCCCCCCCCCCCCCCOCCOCCNc1ccc([N+](=O)[O-])cc1[N+](=O)[O-]. The van der Waals surface area contributed by atoms with Crippen molar-refractivity contribution in [3.8, 4) is 0 Å². The minimum Gasteiger partial charge on any atom is -0.379 e. The first-order valence-corrected chi connectivity index (χ1v) is 13.4. The lowest BCUT2D eigenvalue weighted by Crippen LogP contribution is -2.13. The summed E-state index contributed by atoms with van der Waals surface area (Å²) in [6.45, 7) is 4.71. The molecule has 0 heterocycles. The van der Waals surface area contributed by atoms with Crippen LogP contribution >= 0.6 is 0 Å². The van der Waals surface area contributed by atoms with Gasteiger partial charge in [-0.1, -0.05) is 90.4 Å². The number of nitrogens with one attached hydrogen (secondary N) is 1. The molecule has 0 aliphatic carbocycles. The Kier molecular flexibility index (Phi) is 18.5. The zero-order chi connectivity index (χ0) is 25.6. The maximum Gasteiger partial charge on any atom is 0.299 e. The molecule has 9 nitrogen and oxygen atoms in total. The Morgan fingerprint density at radius 2 is 1.20 bits per heavy atom. The molecule has 0 fully saturated rings. The van der Waals surface area contributed by atoms with Crippen LogP contribution in [0.5, 0.6) is 0 Å². The molecule has 9 heteroatoms. The van der Waals surface area contributed by atoms with E-state index >= 15 is 0 Å². The number of hydrogen-bond acceptors (Lipinski definition) is 7. The molecule has 0 radical (unpaired) electrons. The number of anilines is 1. The molecule has 1 aromatic carbocycles. The topological polar surface area (TPSA) is 117 Å². The summed E-state index contributed by atoms with van der Waals surface area (Å²) in [6.07, 6.45) is 18.7. The van der Waals surface area contributed by atoms with E-state index in [0.29, 0.717) is 26.4 Å². The quantitative estimate of drug-likeness (QED) is 0.0900. The number of unbranched alkanes of at least 4 members (excludes halogenated alkanes) is 13. The Bertz CT molecular complexity index is 702. The normalized spacial score (nSPS) is 11.0. The highest BCUT2D eigenvalue weighted by molar-refractivity contribution is 5.65. The van der Waals surface area contributed by atoms with Gasteiger partial charge in [-0.3, -0.25) is 20.2 Å². The van der Waals surface area contributed by atoms with Crippen molar-refractivity contribution in [3.63, 3.8) is 0 Å². The summed E-state index contributed by atoms with van der Waals surface area (Å²) >= 11 is 0. The van der Waals surface area contributed by atoms with Crippen molar-refractivity contribution >= 4 is 17.1 Å². The van der Waals surface area contributed by atoms with Gasteiger partial charge < -0.3 is 14.8 Å².